The van der Waals surface area contributed by atoms with Crippen LogP contribution in [0.4, 0.5) is 5.69 Å². The predicted octanol–water partition coefficient (Wildman–Crippen LogP) is 2.08. The summed E-state index contributed by atoms with van der Waals surface area (Å²) in [6.45, 7) is 2.05. The van der Waals surface area contributed by atoms with E-state index in [1.807, 2.05) is 30.3 Å². The van der Waals surface area contributed by atoms with Gasteiger partial charge >= 0.3 is 0 Å². The van der Waals surface area contributed by atoms with Crippen LogP contribution in [-0.4, -0.2) is 5.91 Å². The summed E-state index contributed by atoms with van der Waals surface area (Å²) in [5, 5.41) is 1.22. The van der Waals surface area contributed by atoms with Gasteiger partial charge in [-0.2, -0.15) is 0 Å². The molecule has 1 rings (SSSR count). The van der Waals surface area contributed by atoms with Gasteiger partial charge in [-0.1, -0.05) is 31.5 Å². The molecule has 0 aromatic heterocycles. The van der Waals surface area contributed by atoms with Crippen LogP contribution in [0.2, 0.25) is 0 Å². The SMILES string of the molecule is CCCCC(=O)N(N)c1ccccc1. The molecule has 0 saturated heterocycles. The van der Waals surface area contributed by atoms with Crippen LogP contribution in [0.25, 0.3) is 0 Å². The van der Waals surface area contributed by atoms with E-state index in [1.54, 1.807) is 0 Å². The van der Waals surface area contributed by atoms with Crippen molar-refractivity contribution in [2.75, 3.05) is 5.01 Å². The topological polar surface area (TPSA) is 46.3 Å². The van der Waals surface area contributed by atoms with Gasteiger partial charge in [0.1, 0.15) is 0 Å². The third kappa shape index (κ3) is 2.85. The zero-order valence-corrected chi connectivity index (χ0v) is 8.44. The first kappa shape index (κ1) is 10.7. The summed E-state index contributed by atoms with van der Waals surface area (Å²) >= 11 is 0. The van der Waals surface area contributed by atoms with Gasteiger partial charge in [-0.25, -0.2) is 10.9 Å². The number of rotatable bonds is 4. The van der Waals surface area contributed by atoms with Crippen LogP contribution in [0.3, 0.4) is 0 Å². The van der Waals surface area contributed by atoms with Crippen molar-refractivity contribution >= 4 is 11.6 Å². The Morgan fingerprint density at radius 2 is 2.00 bits per heavy atom. The first-order valence-electron chi connectivity index (χ1n) is 4.88. The summed E-state index contributed by atoms with van der Waals surface area (Å²) in [4.78, 5) is 11.5. The Labute approximate surface area is 84.5 Å². The highest BCUT2D eigenvalue weighted by Crippen LogP contribution is 2.11. The minimum Gasteiger partial charge on any atom is -0.273 e. The molecule has 0 aliphatic rings. The molecule has 14 heavy (non-hydrogen) atoms. The Morgan fingerprint density at radius 3 is 2.57 bits per heavy atom. The molecule has 3 heteroatoms. The molecule has 0 heterocycles. The zero-order valence-electron chi connectivity index (χ0n) is 8.44. The molecule has 0 saturated carbocycles. The lowest BCUT2D eigenvalue weighted by Crippen LogP contribution is -2.37. The molecule has 0 aliphatic heterocycles. The van der Waals surface area contributed by atoms with Crippen LogP contribution in [0, 0.1) is 0 Å². The largest absolute Gasteiger partial charge is 0.273 e. The maximum Gasteiger partial charge on any atom is 0.241 e. The van der Waals surface area contributed by atoms with E-state index in [9.17, 15) is 4.79 Å². The van der Waals surface area contributed by atoms with E-state index >= 15 is 0 Å². The van der Waals surface area contributed by atoms with Crippen molar-refractivity contribution in [2.24, 2.45) is 5.84 Å². The highest BCUT2D eigenvalue weighted by atomic mass is 16.2. The van der Waals surface area contributed by atoms with E-state index < -0.39 is 0 Å². The van der Waals surface area contributed by atoms with E-state index in [-0.39, 0.29) is 5.91 Å². The fraction of sp³-hybridized carbons (Fsp3) is 0.364. The molecule has 0 aliphatic carbocycles. The number of carbonyl (C=O) groups excluding carboxylic acids is 1. The Hall–Kier alpha value is -1.35. The van der Waals surface area contributed by atoms with E-state index in [4.69, 9.17) is 5.84 Å². The number of hydrogen-bond donors (Lipinski definition) is 1. The van der Waals surface area contributed by atoms with E-state index in [0.717, 1.165) is 18.5 Å². The van der Waals surface area contributed by atoms with Gasteiger partial charge in [0, 0.05) is 6.42 Å². The summed E-state index contributed by atoms with van der Waals surface area (Å²) in [5.41, 5.74) is 0.744. The molecular formula is C11H16N2O. The number of hydrazine groups is 1. The second kappa shape index (κ2) is 5.40. The molecule has 1 aromatic carbocycles. The Kier molecular flexibility index (Phi) is 4.13. The minimum absolute atomic E-state index is 0.0296. The molecule has 0 spiro atoms. The quantitative estimate of drug-likeness (QED) is 0.451. The normalized spacial score (nSPS) is 9.86. The average Bonchev–Trinajstić information content (AvgIpc) is 2.26. The molecule has 1 amide bonds. The molecule has 2 N–H and O–H groups in total. The first-order chi connectivity index (χ1) is 6.75. The van der Waals surface area contributed by atoms with Gasteiger partial charge in [0.25, 0.3) is 0 Å². The summed E-state index contributed by atoms with van der Waals surface area (Å²) in [5.74, 6) is 5.63. The maximum atomic E-state index is 11.5. The first-order valence-corrected chi connectivity index (χ1v) is 4.88. The van der Waals surface area contributed by atoms with Gasteiger partial charge in [-0.05, 0) is 18.6 Å². The van der Waals surface area contributed by atoms with Crippen LogP contribution < -0.4 is 10.9 Å². The van der Waals surface area contributed by atoms with Crippen molar-refractivity contribution in [3.8, 4) is 0 Å². The molecular weight excluding hydrogens is 176 g/mol. The smallest absolute Gasteiger partial charge is 0.241 e. The van der Waals surface area contributed by atoms with Gasteiger partial charge in [0.15, 0.2) is 0 Å². The molecule has 1 aromatic rings. The lowest BCUT2D eigenvalue weighted by Gasteiger charge is -2.16. The monoisotopic (exact) mass is 192 g/mol. The van der Waals surface area contributed by atoms with Gasteiger partial charge in [-0.15, -0.1) is 0 Å². The second-order valence-electron chi connectivity index (χ2n) is 3.20. The summed E-state index contributed by atoms with van der Waals surface area (Å²) in [6.07, 6.45) is 2.41. The molecule has 76 valence electrons. The van der Waals surface area contributed by atoms with Crippen molar-refractivity contribution in [3.63, 3.8) is 0 Å². The molecule has 0 radical (unpaired) electrons. The summed E-state index contributed by atoms with van der Waals surface area (Å²) < 4.78 is 0. The number of nitrogens with zero attached hydrogens (tertiary/aromatic N) is 1. The van der Waals surface area contributed by atoms with Crippen molar-refractivity contribution in [2.45, 2.75) is 26.2 Å². The molecule has 3 nitrogen and oxygen atoms in total. The van der Waals surface area contributed by atoms with Gasteiger partial charge in [0.05, 0.1) is 5.69 Å². The minimum atomic E-state index is -0.0296. The molecule has 0 fully saturated rings. The zero-order chi connectivity index (χ0) is 10.4. The second-order valence-corrected chi connectivity index (χ2v) is 3.20. The van der Waals surface area contributed by atoms with Gasteiger partial charge in [0.2, 0.25) is 5.91 Å². The molecule has 0 bridgehead atoms. The lowest BCUT2D eigenvalue weighted by molar-refractivity contribution is -0.118. The number of para-hydroxylation sites is 1. The van der Waals surface area contributed by atoms with Crippen molar-refractivity contribution < 1.29 is 4.79 Å². The molecule has 0 atom stereocenters. The number of anilines is 1. The van der Waals surface area contributed by atoms with Gasteiger partial charge < -0.3 is 0 Å². The fourth-order valence-electron chi connectivity index (χ4n) is 1.18. The standard InChI is InChI=1S/C11H16N2O/c1-2-3-9-11(14)13(12)10-7-5-4-6-8-10/h4-8H,2-3,9,12H2,1H3. The van der Waals surface area contributed by atoms with E-state index in [1.165, 1.54) is 5.01 Å². The Bertz CT molecular complexity index is 285. The summed E-state index contributed by atoms with van der Waals surface area (Å²) in [7, 11) is 0. The number of unbranched alkanes of at least 4 members (excludes halogenated alkanes) is 1. The van der Waals surface area contributed by atoms with Crippen molar-refractivity contribution in [1.29, 1.82) is 0 Å². The third-order valence-electron chi connectivity index (χ3n) is 2.05. The third-order valence-corrected chi connectivity index (χ3v) is 2.05. The number of hydrogen-bond acceptors (Lipinski definition) is 2. The van der Waals surface area contributed by atoms with Gasteiger partial charge in [-0.3, -0.25) is 4.79 Å². The van der Waals surface area contributed by atoms with Crippen molar-refractivity contribution in [3.05, 3.63) is 30.3 Å². The van der Waals surface area contributed by atoms with E-state index in [0.29, 0.717) is 6.42 Å². The average molecular weight is 192 g/mol. The molecule has 0 unspecified atom stereocenters. The van der Waals surface area contributed by atoms with Crippen LogP contribution in [0.5, 0.6) is 0 Å². The highest BCUT2D eigenvalue weighted by Gasteiger charge is 2.09. The highest BCUT2D eigenvalue weighted by molar-refractivity contribution is 5.91. The number of nitrogens with two attached hydrogens (primary N) is 1. The number of amides is 1. The van der Waals surface area contributed by atoms with Crippen LogP contribution in [0.15, 0.2) is 30.3 Å². The van der Waals surface area contributed by atoms with Crippen molar-refractivity contribution in [1.82, 2.24) is 0 Å². The summed E-state index contributed by atoms with van der Waals surface area (Å²) in [6, 6.07) is 9.27. The predicted molar refractivity (Wildman–Crippen MR) is 57.6 cm³/mol. The number of benzene rings is 1. The van der Waals surface area contributed by atoms with E-state index in [2.05, 4.69) is 6.92 Å². The van der Waals surface area contributed by atoms with Crippen LogP contribution in [0.1, 0.15) is 26.2 Å². The Balaban J connectivity index is 2.57. The fourth-order valence-corrected chi connectivity index (χ4v) is 1.18. The number of carbonyl (C=O) groups is 1. The van der Waals surface area contributed by atoms with Crippen LogP contribution in [-0.2, 0) is 4.79 Å². The Morgan fingerprint density at radius 1 is 1.36 bits per heavy atom. The lowest BCUT2D eigenvalue weighted by atomic mass is 10.2. The maximum absolute atomic E-state index is 11.5. The van der Waals surface area contributed by atoms with Crippen LogP contribution >= 0.6 is 0 Å².